The van der Waals surface area contributed by atoms with Gasteiger partial charge < -0.3 is 15.7 Å². The SMILES string of the molecule is CCCCC(CC)CNC(=O)N[C@@H](CCC)C(=O)O. The Labute approximate surface area is 116 Å². The van der Waals surface area contributed by atoms with Crippen molar-refractivity contribution in [1.82, 2.24) is 10.6 Å². The second kappa shape index (κ2) is 10.6. The van der Waals surface area contributed by atoms with Crippen LogP contribution < -0.4 is 10.6 Å². The van der Waals surface area contributed by atoms with E-state index in [1.54, 1.807) is 0 Å². The molecule has 2 atom stereocenters. The number of hydrogen-bond donors (Lipinski definition) is 3. The third kappa shape index (κ3) is 8.46. The van der Waals surface area contributed by atoms with Gasteiger partial charge in [-0.25, -0.2) is 9.59 Å². The lowest BCUT2D eigenvalue weighted by molar-refractivity contribution is -0.139. The Morgan fingerprint density at radius 2 is 1.79 bits per heavy atom. The Bertz CT molecular complexity index is 269. The molecular formula is C14H28N2O3. The Morgan fingerprint density at radius 3 is 2.26 bits per heavy atom. The molecule has 3 N–H and O–H groups in total. The normalized spacial score (nSPS) is 13.6. The molecule has 0 radical (unpaired) electrons. The van der Waals surface area contributed by atoms with Gasteiger partial charge in [0, 0.05) is 6.54 Å². The van der Waals surface area contributed by atoms with E-state index < -0.39 is 12.0 Å². The van der Waals surface area contributed by atoms with Gasteiger partial charge in [0.05, 0.1) is 0 Å². The lowest BCUT2D eigenvalue weighted by Gasteiger charge is -2.18. The molecule has 0 aromatic rings. The monoisotopic (exact) mass is 272 g/mol. The zero-order valence-electron chi connectivity index (χ0n) is 12.4. The second-order valence-electron chi connectivity index (χ2n) is 4.95. The van der Waals surface area contributed by atoms with Crippen molar-refractivity contribution in [3.63, 3.8) is 0 Å². The molecular weight excluding hydrogens is 244 g/mol. The molecule has 1 unspecified atom stereocenters. The van der Waals surface area contributed by atoms with Crippen LogP contribution in [-0.2, 0) is 4.79 Å². The summed E-state index contributed by atoms with van der Waals surface area (Å²) in [6.45, 7) is 6.76. The van der Waals surface area contributed by atoms with E-state index in [-0.39, 0.29) is 6.03 Å². The first-order valence-electron chi connectivity index (χ1n) is 7.32. The minimum Gasteiger partial charge on any atom is -0.480 e. The molecule has 0 saturated carbocycles. The standard InChI is InChI=1S/C14H28N2O3/c1-4-7-9-11(6-3)10-15-14(19)16-12(8-5-2)13(17)18/h11-12H,4-10H2,1-3H3,(H,17,18)(H2,15,16,19)/t11?,12-/m0/s1. The number of hydrogen-bond acceptors (Lipinski definition) is 2. The van der Waals surface area contributed by atoms with Gasteiger partial charge in [-0.2, -0.15) is 0 Å². The van der Waals surface area contributed by atoms with E-state index in [1.165, 1.54) is 0 Å². The molecule has 5 nitrogen and oxygen atoms in total. The molecule has 5 heteroatoms. The maximum Gasteiger partial charge on any atom is 0.326 e. The number of rotatable bonds is 10. The summed E-state index contributed by atoms with van der Waals surface area (Å²) in [5.74, 6) is -0.504. The van der Waals surface area contributed by atoms with Crippen LogP contribution in [0.15, 0.2) is 0 Å². The van der Waals surface area contributed by atoms with E-state index in [1.807, 2.05) is 6.92 Å². The summed E-state index contributed by atoms with van der Waals surface area (Å²) in [4.78, 5) is 22.6. The van der Waals surface area contributed by atoms with Crippen LogP contribution in [0.25, 0.3) is 0 Å². The summed E-state index contributed by atoms with van der Waals surface area (Å²) in [5, 5.41) is 14.2. The first-order valence-corrected chi connectivity index (χ1v) is 7.32. The largest absolute Gasteiger partial charge is 0.480 e. The Hall–Kier alpha value is -1.26. The van der Waals surface area contributed by atoms with E-state index >= 15 is 0 Å². The van der Waals surface area contributed by atoms with E-state index in [4.69, 9.17) is 5.11 Å². The van der Waals surface area contributed by atoms with Crippen LogP contribution in [0, 0.1) is 5.92 Å². The molecule has 0 spiro atoms. The molecule has 0 bridgehead atoms. The highest BCUT2D eigenvalue weighted by molar-refractivity contribution is 5.82. The van der Waals surface area contributed by atoms with Crippen molar-refractivity contribution in [2.45, 2.75) is 65.3 Å². The van der Waals surface area contributed by atoms with Gasteiger partial charge in [-0.1, -0.05) is 46.5 Å². The van der Waals surface area contributed by atoms with Gasteiger partial charge in [-0.15, -0.1) is 0 Å². The zero-order chi connectivity index (χ0) is 14.7. The van der Waals surface area contributed by atoms with Crippen molar-refractivity contribution in [3.8, 4) is 0 Å². The summed E-state index contributed by atoms with van der Waals surface area (Å²) in [6.07, 6.45) is 5.62. The van der Waals surface area contributed by atoms with E-state index in [2.05, 4.69) is 24.5 Å². The quantitative estimate of drug-likeness (QED) is 0.572. The number of carboxylic acid groups (broad SMARTS) is 1. The number of carbonyl (C=O) groups excluding carboxylic acids is 1. The van der Waals surface area contributed by atoms with Gasteiger partial charge >= 0.3 is 12.0 Å². The molecule has 0 aliphatic heterocycles. The van der Waals surface area contributed by atoms with E-state index in [9.17, 15) is 9.59 Å². The van der Waals surface area contributed by atoms with Crippen LogP contribution in [0.4, 0.5) is 4.79 Å². The van der Waals surface area contributed by atoms with Crippen LogP contribution >= 0.6 is 0 Å². The molecule has 0 saturated heterocycles. The highest BCUT2D eigenvalue weighted by Gasteiger charge is 2.18. The molecule has 0 aliphatic rings. The van der Waals surface area contributed by atoms with Crippen molar-refractivity contribution in [1.29, 1.82) is 0 Å². The number of amides is 2. The highest BCUT2D eigenvalue weighted by atomic mass is 16.4. The molecule has 0 aliphatic carbocycles. The topological polar surface area (TPSA) is 78.4 Å². The molecule has 19 heavy (non-hydrogen) atoms. The average molecular weight is 272 g/mol. The van der Waals surface area contributed by atoms with Gasteiger partial charge in [0.1, 0.15) is 6.04 Å². The van der Waals surface area contributed by atoms with Crippen molar-refractivity contribution < 1.29 is 14.7 Å². The van der Waals surface area contributed by atoms with Gasteiger partial charge in [0.25, 0.3) is 0 Å². The fraction of sp³-hybridized carbons (Fsp3) is 0.857. The van der Waals surface area contributed by atoms with Crippen LogP contribution in [0.2, 0.25) is 0 Å². The molecule has 0 aromatic heterocycles. The number of unbranched alkanes of at least 4 members (excludes halogenated alkanes) is 1. The van der Waals surface area contributed by atoms with Gasteiger partial charge in [-0.3, -0.25) is 0 Å². The Morgan fingerprint density at radius 1 is 1.11 bits per heavy atom. The smallest absolute Gasteiger partial charge is 0.326 e. The summed E-state index contributed by atoms with van der Waals surface area (Å²) >= 11 is 0. The zero-order valence-corrected chi connectivity index (χ0v) is 12.4. The lowest BCUT2D eigenvalue weighted by atomic mass is 9.99. The minimum atomic E-state index is -0.977. The van der Waals surface area contributed by atoms with Crippen molar-refractivity contribution in [3.05, 3.63) is 0 Å². The molecule has 0 fully saturated rings. The first kappa shape index (κ1) is 17.7. The number of aliphatic carboxylic acids is 1. The summed E-state index contributed by atoms with van der Waals surface area (Å²) in [5.41, 5.74) is 0. The summed E-state index contributed by atoms with van der Waals surface area (Å²) in [7, 11) is 0. The predicted molar refractivity (Wildman–Crippen MR) is 76.2 cm³/mol. The third-order valence-corrected chi connectivity index (χ3v) is 3.28. The Balaban J connectivity index is 4.04. The molecule has 0 rings (SSSR count). The second-order valence-corrected chi connectivity index (χ2v) is 4.95. The van der Waals surface area contributed by atoms with E-state index in [0.29, 0.717) is 18.9 Å². The van der Waals surface area contributed by atoms with Gasteiger partial charge in [0.2, 0.25) is 0 Å². The maximum atomic E-state index is 11.6. The highest BCUT2D eigenvalue weighted by Crippen LogP contribution is 2.11. The Kier molecular flexibility index (Phi) is 9.94. The predicted octanol–water partition coefficient (Wildman–Crippen LogP) is 2.76. The van der Waals surface area contributed by atoms with Crippen molar-refractivity contribution >= 4 is 12.0 Å². The number of urea groups is 1. The fourth-order valence-corrected chi connectivity index (χ4v) is 1.94. The average Bonchev–Trinajstić information content (AvgIpc) is 2.38. The molecule has 0 aromatic carbocycles. The molecule has 112 valence electrons. The lowest BCUT2D eigenvalue weighted by Crippen LogP contribution is -2.47. The molecule has 2 amide bonds. The van der Waals surface area contributed by atoms with Gasteiger partial charge in [-0.05, 0) is 18.8 Å². The summed E-state index contributed by atoms with van der Waals surface area (Å²) < 4.78 is 0. The van der Waals surface area contributed by atoms with Gasteiger partial charge in [0.15, 0.2) is 0 Å². The third-order valence-electron chi connectivity index (χ3n) is 3.28. The summed E-state index contributed by atoms with van der Waals surface area (Å²) in [6, 6.07) is -1.17. The number of carboxylic acids is 1. The van der Waals surface area contributed by atoms with Crippen molar-refractivity contribution in [2.24, 2.45) is 5.92 Å². The van der Waals surface area contributed by atoms with Crippen LogP contribution in [0.1, 0.15) is 59.3 Å². The first-order chi connectivity index (χ1) is 9.04. The number of carbonyl (C=O) groups is 2. The van der Waals surface area contributed by atoms with Crippen molar-refractivity contribution in [2.75, 3.05) is 6.54 Å². The molecule has 0 heterocycles. The van der Waals surface area contributed by atoms with Crippen LogP contribution in [-0.4, -0.2) is 29.7 Å². The van der Waals surface area contributed by atoms with Crippen LogP contribution in [0.3, 0.4) is 0 Å². The maximum absolute atomic E-state index is 11.6. The fourth-order valence-electron chi connectivity index (χ4n) is 1.94. The number of nitrogens with one attached hydrogen (secondary N) is 2. The van der Waals surface area contributed by atoms with E-state index in [0.717, 1.165) is 32.1 Å². The van der Waals surface area contributed by atoms with Crippen LogP contribution in [0.5, 0.6) is 0 Å². The minimum absolute atomic E-state index is 0.379.